The summed E-state index contributed by atoms with van der Waals surface area (Å²) in [6.07, 6.45) is -4.43. The average molecular weight is 378 g/mol. The maximum absolute atomic E-state index is 12.6. The minimum absolute atomic E-state index is 0.214. The molecule has 21 heavy (non-hydrogen) atoms. The highest BCUT2D eigenvalue weighted by Gasteiger charge is 2.31. The van der Waals surface area contributed by atoms with Crippen molar-refractivity contribution in [1.29, 1.82) is 0 Å². The van der Waals surface area contributed by atoms with Gasteiger partial charge in [-0.15, -0.1) is 0 Å². The second-order valence-electron chi connectivity index (χ2n) is 4.48. The molecule has 0 aliphatic carbocycles. The quantitative estimate of drug-likeness (QED) is 0.617. The van der Waals surface area contributed by atoms with Gasteiger partial charge in [0, 0.05) is 20.6 Å². The lowest BCUT2D eigenvalue weighted by atomic mass is 9.97. The Kier molecular flexibility index (Phi) is 4.44. The van der Waals surface area contributed by atoms with Crippen LogP contribution in [-0.2, 0) is 6.18 Å². The van der Waals surface area contributed by atoms with Crippen molar-refractivity contribution in [3.05, 3.63) is 68.1 Å². The fourth-order valence-electron chi connectivity index (χ4n) is 1.91. The molecule has 0 unspecified atom stereocenters. The van der Waals surface area contributed by atoms with Crippen molar-refractivity contribution >= 4 is 33.3 Å². The first-order chi connectivity index (χ1) is 9.70. The van der Waals surface area contributed by atoms with E-state index in [0.717, 1.165) is 12.1 Å². The Morgan fingerprint density at radius 3 is 2.33 bits per heavy atom. The lowest BCUT2D eigenvalue weighted by Crippen LogP contribution is -2.09. The Hall–Kier alpha value is -1.33. The minimum atomic E-state index is -4.43. The van der Waals surface area contributed by atoms with Crippen LogP contribution in [0.3, 0.4) is 0 Å². The molecule has 2 aromatic rings. The summed E-state index contributed by atoms with van der Waals surface area (Å²) < 4.78 is 38.4. The van der Waals surface area contributed by atoms with Gasteiger partial charge in [0.15, 0.2) is 5.78 Å². The molecule has 6 heteroatoms. The number of aryl methyl sites for hydroxylation is 1. The van der Waals surface area contributed by atoms with E-state index in [2.05, 4.69) is 15.9 Å². The van der Waals surface area contributed by atoms with Crippen LogP contribution in [0.25, 0.3) is 0 Å². The highest BCUT2D eigenvalue weighted by atomic mass is 79.9. The molecule has 0 aliphatic rings. The molecule has 0 fully saturated rings. The summed E-state index contributed by atoms with van der Waals surface area (Å²) in [6, 6.07) is 7.76. The first-order valence-corrected chi connectivity index (χ1v) is 7.05. The summed E-state index contributed by atoms with van der Waals surface area (Å²) in [4.78, 5) is 12.4. The zero-order chi connectivity index (χ0) is 15.8. The number of ketones is 1. The molecule has 0 spiro atoms. The maximum Gasteiger partial charge on any atom is 0.416 e. The topological polar surface area (TPSA) is 17.1 Å². The third-order valence-corrected chi connectivity index (χ3v) is 3.90. The van der Waals surface area contributed by atoms with E-state index in [1.54, 1.807) is 12.1 Å². The van der Waals surface area contributed by atoms with Gasteiger partial charge < -0.3 is 0 Å². The van der Waals surface area contributed by atoms with Crippen LogP contribution < -0.4 is 0 Å². The highest BCUT2D eigenvalue weighted by molar-refractivity contribution is 9.10. The molecule has 2 aromatic carbocycles. The van der Waals surface area contributed by atoms with Gasteiger partial charge in [-0.3, -0.25) is 4.79 Å². The van der Waals surface area contributed by atoms with Crippen LogP contribution in [0.1, 0.15) is 27.0 Å². The SMILES string of the molecule is Cc1cc(C(F)(F)F)ccc1C(=O)c1cc(Cl)ccc1Br. The van der Waals surface area contributed by atoms with Crippen LogP contribution in [-0.4, -0.2) is 5.78 Å². The Bertz CT molecular complexity index is 711. The van der Waals surface area contributed by atoms with Crippen LogP contribution in [0.4, 0.5) is 13.2 Å². The largest absolute Gasteiger partial charge is 0.416 e. The molecule has 0 aliphatic heterocycles. The predicted molar refractivity (Wildman–Crippen MR) is 78.8 cm³/mol. The molecule has 0 aromatic heterocycles. The van der Waals surface area contributed by atoms with E-state index in [4.69, 9.17) is 11.6 Å². The molecule has 0 radical (unpaired) electrons. The lowest BCUT2D eigenvalue weighted by Gasteiger charge is -2.11. The van der Waals surface area contributed by atoms with Gasteiger partial charge in [-0.2, -0.15) is 13.2 Å². The number of halogens is 5. The second-order valence-corrected chi connectivity index (χ2v) is 5.77. The summed E-state index contributed by atoms with van der Waals surface area (Å²) in [5.41, 5.74) is 0.0136. The van der Waals surface area contributed by atoms with E-state index in [1.807, 2.05) is 0 Å². The lowest BCUT2D eigenvalue weighted by molar-refractivity contribution is -0.137. The predicted octanol–water partition coefficient (Wildman–Crippen LogP) is 5.66. The number of benzene rings is 2. The van der Waals surface area contributed by atoms with Gasteiger partial charge in [0.05, 0.1) is 5.56 Å². The fourth-order valence-corrected chi connectivity index (χ4v) is 2.51. The standard InChI is InChI=1S/C15H9BrClF3O/c1-8-6-9(15(18,19)20)2-4-11(8)14(21)12-7-10(17)3-5-13(12)16/h2-7H,1H3. The van der Waals surface area contributed by atoms with Crippen molar-refractivity contribution in [1.82, 2.24) is 0 Å². The number of hydrogen-bond donors (Lipinski definition) is 0. The third kappa shape index (κ3) is 3.47. The Balaban J connectivity index is 2.47. The number of alkyl halides is 3. The maximum atomic E-state index is 12.6. The Morgan fingerprint density at radius 2 is 1.76 bits per heavy atom. The highest BCUT2D eigenvalue weighted by Crippen LogP contribution is 2.31. The molecular weight excluding hydrogens is 369 g/mol. The van der Waals surface area contributed by atoms with E-state index < -0.39 is 11.7 Å². The molecule has 0 bridgehead atoms. The fraction of sp³-hybridized carbons (Fsp3) is 0.133. The van der Waals surface area contributed by atoms with E-state index in [-0.39, 0.29) is 16.9 Å². The van der Waals surface area contributed by atoms with Gasteiger partial charge in [0.1, 0.15) is 0 Å². The van der Waals surface area contributed by atoms with E-state index >= 15 is 0 Å². The van der Waals surface area contributed by atoms with Crippen molar-refractivity contribution in [2.45, 2.75) is 13.1 Å². The number of carbonyl (C=O) groups excluding carboxylic acids is 1. The average Bonchev–Trinajstić information content (AvgIpc) is 2.39. The van der Waals surface area contributed by atoms with Gasteiger partial charge in [-0.1, -0.05) is 33.6 Å². The normalized spacial score (nSPS) is 11.5. The zero-order valence-electron chi connectivity index (χ0n) is 10.8. The van der Waals surface area contributed by atoms with Crippen molar-refractivity contribution in [2.75, 3.05) is 0 Å². The van der Waals surface area contributed by atoms with Crippen LogP contribution >= 0.6 is 27.5 Å². The molecule has 0 atom stereocenters. The molecule has 0 amide bonds. The summed E-state index contributed by atoms with van der Waals surface area (Å²) >= 11 is 9.09. The van der Waals surface area contributed by atoms with E-state index in [9.17, 15) is 18.0 Å². The van der Waals surface area contributed by atoms with Crippen LogP contribution in [0.15, 0.2) is 40.9 Å². The van der Waals surface area contributed by atoms with Gasteiger partial charge in [-0.05, 0) is 42.8 Å². The summed E-state index contributed by atoms with van der Waals surface area (Å²) in [7, 11) is 0. The zero-order valence-corrected chi connectivity index (χ0v) is 13.1. The van der Waals surface area contributed by atoms with Crippen molar-refractivity contribution in [2.24, 2.45) is 0 Å². The van der Waals surface area contributed by atoms with Crippen molar-refractivity contribution < 1.29 is 18.0 Å². The first kappa shape index (κ1) is 16.0. The van der Waals surface area contributed by atoms with Crippen molar-refractivity contribution in [3.63, 3.8) is 0 Å². The molecule has 0 saturated heterocycles. The molecular formula is C15H9BrClF3O. The van der Waals surface area contributed by atoms with E-state index in [0.29, 0.717) is 15.1 Å². The second kappa shape index (κ2) is 5.81. The Labute approximate surface area is 132 Å². The van der Waals surface area contributed by atoms with Gasteiger partial charge >= 0.3 is 6.18 Å². The Morgan fingerprint density at radius 1 is 1.10 bits per heavy atom. The molecule has 0 saturated carbocycles. The number of carbonyl (C=O) groups is 1. The monoisotopic (exact) mass is 376 g/mol. The third-order valence-electron chi connectivity index (χ3n) is 2.97. The van der Waals surface area contributed by atoms with Gasteiger partial charge in [0.2, 0.25) is 0 Å². The molecule has 1 nitrogen and oxygen atoms in total. The summed E-state index contributed by atoms with van der Waals surface area (Å²) in [6.45, 7) is 1.47. The van der Waals surface area contributed by atoms with Gasteiger partial charge in [0.25, 0.3) is 0 Å². The van der Waals surface area contributed by atoms with Crippen LogP contribution in [0, 0.1) is 6.92 Å². The number of hydrogen-bond acceptors (Lipinski definition) is 1. The minimum Gasteiger partial charge on any atom is -0.289 e. The van der Waals surface area contributed by atoms with Crippen molar-refractivity contribution in [3.8, 4) is 0 Å². The number of rotatable bonds is 2. The summed E-state index contributed by atoms with van der Waals surface area (Å²) in [5.74, 6) is -0.379. The van der Waals surface area contributed by atoms with Crippen LogP contribution in [0.2, 0.25) is 5.02 Å². The molecule has 0 heterocycles. The van der Waals surface area contributed by atoms with Gasteiger partial charge in [-0.25, -0.2) is 0 Å². The summed E-state index contributed by atoms with van der Waals surface area (Å²) in [5, 5.41) is 0.381. The molecule has 2 rings (SSSR count). The van der Waals surface area contributed by atoms with Crippen LogP contribution in [0.5, 0.6) is 0 Å². The van der Waals surface area contributed by atoms with E-state index in [1.165, 1.54) is 19.1 Å². The first-order valence-electron chi connectivity index (χ1n) is 5.88. The smallest absolute Gasteiger partial charge is 0.289 e. The molecule has 0 N–H and O–H groups in total. The molecule has 110 valence electrons.